The average Bonchev–Trinajstić information content (AvgIpc) is 3.29. The van der Waals surface area contributed by atoms with Crippen molar-refractivity contribution in [3.05, 3.63) is 53.7 Å². The summed E-state index contributed by atoms with van der Waals surface area (Å²) in [7, 11) is 0. The molecule has 2 saturated heterocycles. The molecule has 7 heteroatoms. The van der Waals surface area contributed by atoms with Crippen LogP contribution in [0.25, 0.3) is 0 Å². The third-order valence-corrected chi connectivity index (χ3v) is 5.49. The largest absolute Gasteiger partial charge is 0.469 e. The Bertz CT molecular complexity index is 825. The van der Waals surface area contributed by atoms with Crippen LogP contribution >= 0.6 is 0 Å². The molecular formula is C20H23N3O4. The SMILES string of the molecule is Cc1occc1C(=O)N1CCC2(CC1)C[C@H](NC(=O)c1ccccn1)CO2. The van der Waals surface area contributed by atoms with E-state index >= 15 is 0 Å². The monoisotopic (exact) mass is 369 g/mol. The van der Waals surface area contributed by atoms with Crippen LogP contribution in [0.2, 0.25) is 0 Å². The van der Waals surface area contributed by atoms with Crippen LogP contribution in [0.1, 0.15) is 45.9 Å². The molecular weight excluding hydrogens is 346 g/mol. The zero-order valence-electron chi connectivity index (χ0n) is 15.3. The first-order valence-electron chi connectivity index (χ1n) is 9.26. The smallest absolute Gasteiger partial charge is 0.270 e. The van der Waals surface area contributed by atoms with Crippen molar-refractivity contribution in [2.45, 2.75) is 37.8 Å². The Kier molecular flexibility index (Phi) is 4.70. The molecule has 7 nitrogen and oxygen atoms in total. The fourth-order valence-electron chi connectivity index (χ4n) is 3.94. The van der Waals surface area contributed by atoms with Crippen LogP contribution in [0.3, 0.4) is 0 Å². The molecule has 4 heterocycles. The molecule has 2 amide bonds. The van der Waals surface area contributed by atoms with Crippen LogP contribution in [0.15, 0.2) is 41.1 Å². The summed E-state index contributed by atoms with van der Waals surface area (Å²) in [5.74, 6) is 0.480. The highest BCUT2D eigenvalue weighted by molar-refractivity contribution is 5.95. The Labute approximate surface area is 157 Å². The highest BCUT2D eigenvalue weighted by Crippen LogP contribution is 2.36. The molecule has 0 bridgehead atoms. The van der Waals surface area contributed by atoms with Gasteiger partial charge >= 0.3 is 0 Å². The summed E-state index contributed by atoms with van der Waals surface area (Å²) in [5.41, 5.74) is 0.776. The van der Waals surface area contributed by atoms with E-state index in [1.54, 1.807) is 43.6 Å². The molecule has 0 radical (unpaired) electrons. The lowest BCUT2D eigenvalue weighted by Gasteiger charge is -2.38. The normalized spacial score (nSPS) is 21.4. The molecule has 27 heavy (non-hydrogen) atoms. The second kappa shape index (κ2) is 7.15. The molecule has 0 aromatic carbocycles. The minimum Gasteiger partial charge on any atom is -0.469 e. The van der Waals surface area contributed by atoms with Gasteiger partial charge in [-0.05, 0) is 44.4 Å². The Balaban J connectivity index is 1.32. The van der Waals surface area contributed by atoms with Crippen molar-refractivity contribution in [2.24, 2.45) is 0 Å². The molecule has 4 rings (SSSR count). The number of hydrogen-bond acceptors (Lipinski definition) is 5. The predicted molar refractivity (Wildman–Crippen MR) is 97.4 cm³/mol. The van der Waals surface area contributed by atoms with E-state index in [-0.39, 0.29) is 23.5 Å². The number of amides is 2. The van der Waals surface area contributed by atoms with Gasteiger partial charge in [0.25, 0.3) is 11.8 Å². The highest BCUT2D eigenvalue weighted by atomic mass is 16.5. The van der Waals surface area contributed by atoms with Crippen molar-refractivity contribution < 1.29 is 18.7 Å². The molecule has 0 aliphatic carbocycles. The Morgan fingerprint density at radius 1 is 1.26 bits per heavy atom. The summed E-state index contributed by atoms with van der Waals surface area (Å²) < 4.78 is 11.3. The van der Waals surface area contributed by atoms with E-state index in [2.05, 4.69) is 10.3 Å². The molecule has 1 N–H and O–H groups in total. The third-order valence-electron chi connectivity index (χ3n) is 5.49. The summed E-state index contributed by atoms with van der Waals surface area (Å²) in [6.45, 7) is 3.58. The number of aryl methyl sites for hydroxylation is 1. The first-order chi connectivity index (χ1) is 13.1. The van der Waals surface area contributed by atoms with E-state index in [1.165, 1.54) is 0 Å². The third kappa shape index (κ3) is 3.60. The number of nitrogens with zero attached hydrogens (tertiary/aromatic N) is 2. The lowest BCUT2D eigenvalue weighted by molar-refractivity contribution is -0.0389. The van der Waals surface area contributed by atoms with Crippen LogP contribution in [-0.4, -0.2) is 53.0 Å². The van der Waals surface area contributed by atoms with Gasteiger partial charge in [0, 0.05) is 19.3 Å². The number of aromatic nitrogens is 1. The molecule has 1 spiro atoms. The van der Waals surface area contributed by atoms with Crippen molar-refractivity contribution in [3.63, 3.8) is 0 Å². The van der Waals surface area contributed by atoms with E-state index in [0.29, 0.717) is 36.7 Å². The molecule has 0 saturated carbocycles. The lowest BCUT2D eigenvalue weighted by atomic mass is 9.87. The maximum atomic E-state index is 12.6. The summed E-state index contributed by atoms with van der Waals surface area (Å²) in [6.07, 6.45) is 5.45. The maximum Gasteiger partial charge on any atom is 0.270 e. The van der Waals surface area contributed by atoms with Crippen LogP contribution in [0.5, 0.6) is 0 Å². The molecule has 2 aliphatic heterocycles. The second-order valence-corrected chi connectivity index (χ2v) is 7.27. The molecule has 142 valence electrons. The predicted octanol–water partition coefficient (Wildman–Crippen LogP) is 2.18. The number of pyridine rings is 1. The zero-order chi connectivity index (χ0) is 18.9. The number of ether oxygens (including phenoxy) is 1. The molecule has 2 fully saturated rings. The Hall–Kier alpha value is -2.67. The fourth-order valence-corrected chi connectivity index (χ4v) is 3.94. The van der Waals surface area contributed by atoms with E-state index in [0.717, 1.165) is 19.3 Å². The molecule has 2 aromatic rings. The quantitative estimate of drug-likeness (QED) is 0.896. The highest BCUT2D eigenvalue weighted by Gasteiger charge is 2.44. The Morgan fingerprint density at radius 3 is 2.74 bits per heavy atom. The van der Waals surface area contributed by atoms with Gasteiger partial charge in [-0.1, -0.05) is 6.07 Å². The number of nitrogens with one attached hydrogen (secondary N) is 1. The Morgan fingerprint density at radius 2 is 2.07 bits per heavy atom. The number of hydrogen-bond donors (Lipinski definition) is 1. The van der Waals surface area contributed by atoms with Crippen LogP contribution in [0, 0.1) is 6.92 Å². The van der Waals surface area contributed by atoms with Gasteiger partial charge in [0.2, 0.25) is 0 Å². The average molecular weight is 369 g/mol. The van der Waals surface area contributed by atoms with E-state index < -0.39 is 0 Å². The van der Waals surface area contributed by atoms with Crippen LogP contribution < -0.4 is 5.32 Å². The van der Waals surface area contributed by atoms with E-state index in [9.17, 15) is 9.59 Å². The minimum atomic E-state index is -0.260. The molecule has 2 aromatic heterocycles. The first-order valence-corrected chi connectivity index (χ1v) is 9.26. The topological polar surface area (TPSA) is 84.7 Å². The van der Waals surface area contributed by atoms with Crippen molar-refractivity contribution in [3.8, 4) is 0 Å². The van der Waals surface area contributed by atoms with Gasteiger partial charge in [-0.2, -0.15) is 0 Å². The van der Waals surface area contributed by atoms with Crippen LogP contribution in [-0.2, 0) is 4.74 Å². The van der Waals surface area contributed by atoms with Gasteiger partial charge in [-0.15, -0.1) is 0 Å². The van der Waals surface area contributed by atoms with Gasteiger partial charge in [0.15, 0.2) is 0 Å². The first kappa shape index (κ1) is 17.7. The summed E-state index contributed by atoms with van der Waals surface area (Å²) >= 11 is 0. The van der Waals surface area contributed by atoms with Crippen molar-refractivity contribution in [1.29, 1.82) is 0 Å². The van der Waals surface area contributed by atoms with Gasteiger partial charge in [0.1, 0.15) is 11.5 Å². The molecule has 2 aliphatic rings. The van der Waals surface area contributed by atoms with Gasteiger partial charge in [0.05, 0.1) is 30.1 Å². The standard InChI is InChI=1S/C20H23N3O4/c1-14-16(5-11-26-14)19(25)23-9-6-20(7-10-23)12-15(13-27-20)22-18(24)17-4-2-3-8-21-17/h2-5,8,11,15H,6-7,9-10,12-13H2,1H3,(H,22,24)/t15-/m0/s1. The summed E-state index contributed by atoms with van der Waals surface area (Å²) in [6, 6.07) is 6.96. The van der Waals surface area contributed by atoms with Crippen LogP contribution in [0.4, 0.5) is 0 Å². The van der Waals surface area contributed by atoms with Gasteiger partial charge < -0.3 is 19.4 Å². The van der Waals surface area contributed by atoms with E-state index in [1.807, 2.05) is 4.90 Å². The van der Waals surface area contributed by atoms with Gasteiger partial charge in [-0.3, -0.25) is 14.6 Å². The van der Waals surface area contributed by atoms with Crippen molar-refractivity contribution in [1.82, 2.24) is 15.2 Å². The number of carbonyl (C=O) groups is 2. The van der Waals surface area contributed by atoms with Crippen molar-refractivity contribution in [2.75, 3.05) is 19.7 Å². The molecule has 1 atom stereocenters. The fraction of sp³-hybridized carbons (Fsp3) is 0.450. The number of rotatable bonds is 3. The second-order valence-electron chi connectivity index (χ2n) is 7.27. The minimum absolute atomic E-state index is 0.00843. The number of furan rings is 1. The number of likely N-dealkylation sites (tertiary alicyclic amines) is 1. The lowest BCUT2D eigenvalue weighted by Crippen LogP contribution is -2.47. The zero-order valence-corrected chi connectivity index (χ0v) is 15.3. The van der Waals surface area contributed by atoms with Crippen molar-refractivity contribution >= 4 is 11.8 Å². The summed E-state index contributed by atoms with van der Waals surface area (Å²) in [4.78, 5) is 30.8. The van der Waals surface area contributed by atoms with E-state index in [4.69, 9.17) is 9.15 Å². The number of carbonyl (C=O) groups excluding carboxylic acids is 2. The van der Waals surface area contributed by atoms with Gasteiger partial charge in [-0.25, -0.2) is 0 Å². The maximum absolute atomic E-state index is 12.6. The molecule has 0 unspecified atom stereocenters. The summed E-state index contributed by atoms with van der Waals surface area (Å²) in [5, 5.41) is 3.01. The number of piperidine rings is 1.